The van der Waals surface area contributed by atoms with E-state index in [-0.39, 0.29) is 25.0 Å². The van der Waals surface area contributed by atoms with Gasteiger partial charge in [-0.25, -0.2) is 0 Å². The Hall–Kier alpha value is -3.80. The fraction of sp³-hybridized carbons (Fsp3) is 0.333. The number of carbonyl (C=O) groups excluding carboxylic acids is 1. The number of hydrogen-bond acceptors (Lipinski definition) is 4. The van der Waals surface area contributed by atoms with E-state index in [4.69, 9.17) is 14.6 Å². The topological polar surface area (TPSA) is 84.9 Å². The number of amides is 1. The molecule has 0 aliphatic rings. The second-order valence-corrected chi connectivity index (χ2v) is 9.32. The van der Waals surface area contributed by atoms with Crippen molar-refractivity contribution < 1.29 is 24.2 Å². The lowest BCUT2D eigenvalue weighted by Crippen LogP contribution is -2.15. The number of aliphatic carboxylic acids is 1. The minimum Gasteiger partial charge on any atom is -0.493 e. The molecule has 0 aliphatic carbocycles. The molecule has 1 amide bonds. The largest absolute Gasteiger partial charge is 0.493 e. The molecule has 0 aliphatic heterocycles. The second kappa shape index (κ2) is 12.8. The van der Waals surface area contributed by atoms with E-state index in [1.165, 1.54) is 5.56 Å². The molecule has 6 nitrogen and oxygen atoms in total. The first-order valence-electron chi connectivity index (χ1n) is 12.3. The molecule has 3 aromatic rings. The summed E-state index contributed by atoms with van der Waals surface area (Å²) in [7, 11) is 0. The predicted molar refractivity (Wildman–Crippen MR) is 142 cm³/mol. The van der Waals surface area contributed by atoms with Crippen LogP contribution in [0.1, 0.15) is 66.8 Å². The van der Waals surface area contributed by atoms with E-state index in [9.17, 15) is 9.59 Å². The highest BCUT2D eigenvalue weighted by Crippen LogP contribution is 2.31. The average Bonchev–Trinajstić information content (AvgIpc) is 2.84. The van der Waals surface area contributed by atoms with Crippen molar-refractivity contribution >= 4 is 17.6 Å². The fourth-order valence-electron chi connectivity index (χ4n) is 3.91. The molecule has 0 saturated heterocycles. The van der Waals surface area contributed by atoms with Gasteiger partial charge in [0.15, 0.2) is 0 Å². The predicted octanol–water partition coefficient (Wildman–Crippen LogP) is 6.83. The summed E-state index contributed by atoms with van der Waals surface area (Å²) in [5.41, 5.74) is 4.26. The third-order valence-electron chi connectivity index (χ3n) is 5.85. The smallest absolute Gasteiger partial charge is 0.303 e. The van der Waals surface area contributed by atoms with Gasteiger partial charge < -0.3 is 19.9 Å². The maximum absolute atomic E-state index is 13.1. The summed E-state index contributed by atoms with van der Waals surface area (Å²) >= 11 is 0. The molecule has 6 heteroatoms. The molecule has 0 radical (unpaired) electrons. The number of ether oxygens (including phenoxy) is 2. The number of anilines is 1. The summed E-state index contributed by atoms with van der Waals surface area (Å²) in [6.07, 6.45) is 1.28. The van der Waals surface area contributed by atoms with Crippen molar-refractivity contribution in [1.29, 1.82) is 0 Å². The number of carboxylic acids is 1. The first-order valence-corrected chi connectivity index (χ1v) is 12.3. The number of rotatable bonds is 12. The van der Waals surface area contributed by atoms with Crippen LogP contribution in [0.15, 0.2) is 66.7 Å². The van der Waals surface area contributed by atoms with Gasteiger partial charge in [-0.05, 0) is 68.0 Å². The van der Waals surface area contributed by atoms with Crippen LogP contribution in [0.5, 0.6) is 11.5 Å². The van der Waals surface area contributed by atoms with E-state index in [1.54, 1.807) is 24.3 Å². The van der Waals surface area contributed by atoms with E-state index in [1.807, 2.05) is 32.0 Å². The number of carboxylic acid groups (broad SMARTS) is 1. The van der Waals surface area contributed by atoms with Gasteiger partial charge in [-0.1, -0.05) is 56.3 Å². The van der Waals surface area contributed by atoms with Gasteiger partial charge >= 0.3 is 5.97 Å². The van der Waals surface area contributed by atoms with Gasteiger partial charge in [-0.2, -0.15) is 0 Å². The van der Waals surface area contributed by atoms with Gasteiger partial charge in [0.1, 0.15) is 17.6 Å². The minimum atomic E-state index is -0.875. The van der Waals surface area contributed by atoms with E-state index >= 15 is 0 Å². The molecule has 0 heterocycles. The molecule has 0 spiro atoms. The Morgan fingerprint density at radius 3 is 2.31 bits per heavy atom. The Balaban J connectivity index is 1.68. The standard InChI is InChI=1S/C30H35NO5/c1-20(2)19-23-14-16-24(17-15-23)22(4)36-27-12-7-10-26(21(27)3)31-30(34)25-9-5-6-11-28(25)35-18-8-13-29(32)33/h5-7,9-12,14-17,20,22H,8,13,18-19H2,1-4H3,(H,31,34)(H,32,33). The Kier molecular flexibility index (Phi) is 9.51. The van der Waals surface area contributed by atoms with Crippen molar-refractivity contribution in [2.75, 3.05) is 11.9 Å². The summed E-state index contributed by atoms with van der Waals surface area (Å²) in [6.45, 7) is 8.57. The highest BCUT2D eigenvalue weighted by Gasteiger charge is 2.16. The Bertz CT molecular complexity index is 1170. The van der Waals surface area contributed by atoms with Crippen molar-refractivity contribution in [3.8, 4) is 11.5 Å². The van der Waals surface area contributed by atoms with Crippen molar-refractivity contribution in [2.45, 2.75) is 53.1 Å². The van der Waals surface area contributed by atoms with Gasteiger partial charge in [-0.15, -0.1) is 0 Å². The maximum atomic E-state index is 13.1. The monoisotopic (exact) mass is 489 g/mol. The molecule has 1 unspecified atom stereocenters. The first kappa shape index (κ1) is 26.8. The summed E-state index contributed by atoms with van der Waals surface area (Å²) < 4.78 is 11.9. The van der Waals surface area contributed by atoms with Crippen molar-refractivity contribution in [1.82, 2.24) is 0 Å². The van der Waals surface area contributed by atoms with E-state index < -0.39 is 5.97 Å². The highest BCUT2D eigenvalue weighted by molar-refractivity contribution is 6.06. The lowest BCUT2D eigenvalue weighted by molar-refractivity contribution is -0.137. The van der Waals surface area contributed by atoms with Gasteiger partial charge in [-0.3, -0.25) is 9.59 Å². The average molecular weight is 490 g/mol. The van der Waals surface area contributed by atoms with Crippen LogP contribution in [0.4, 0.5) is 5.69 Å². The SMILES string of the molecule is Cc1c(NC(=O)c2ccccc2OCCCC(=O)O)cccc1OC(C)c1ccc(CC(C)C)cc1. The highest BCUT2D eigenvalue weighted by atomic mass is 16.5. The third-order valence-corrected chi connectivity index (χ3v) is 5.85. The summed E-state index contributed by atoms with van der Waals surface area (Å²) in [6, 6.07) is 21.0. The van der Waals surface area contributed by atoms with Crippen LogP contribution < -0.4 is 14.8 Å². The fourth-order valence-corrected chi connectivity index (χ4v) is 3.91. The maximum Gasteiger partial charge on any atom is 0.303 e. The van der Waals surface area contributed by atoms with Crippen LogP contribution in [-0.2, 0) is 11.2 Å². The zero-order valence-corrected chi connectivity index (χ0v) is 21.4. The van der Waals surface area contributed by atoms with Crippen LogP contribution in [0, 0.1) is 12.8 Å². The molecule has 0 aromatic heterocycles. The van der Waals surface area contributed by atoms with E-state index in [0.717, 1.165) is 17.5 Å². The van der Waals surface area contributed by atoms with Gasteiger partial charge in [0, 0.05) is 17.7 Å². The van der Waals surface area contributed by atoms with Crippen LogP contribution in [-0.4, -0.2) is 23.6 Å². The number of hydrogen-bond donors (Lipinski definition) is 2. The molecule has 3 rings (SSSR count). The number of para-hydroxylation sites is 1. The molecule has 1 atom stereocenters. The summed E-state index contributed by atoms with van der Waals surface area (Å²) in [4.78, 5) is 23.8. The van der Waals surface area contributed by atoms with Crippen LogP contribution >= 0.6 is 0 Å². The number of nitrogens with one attached hydrogen (secondary N) is 1. The normalized spacial score (nSPS) is 11.7. The Morgan fingerprint density at radius 1 is 0.917 bits per heavy atom. The summed E-state index contributed by atoms with van der Waals surface area (Å²) in [5, 5.41) is 11.8. The number of benzene rings is 3. The molecule has 0 saturated carbocycles. The van der Waals surface area contributed by atoms with E-state index in [0.29, 0.717) is 35.1 Å². The summed E-state index contributed by atoms with van der Waals surface area (Å²) in [5.74, 6) is 0.544. The lowest BCUT2D eigenvalue weighted by atomic mass is 10.0. The molecule has 190 valence electrons. The first-order chi connectivity index (χ1) is 17.2. The number of carbonyl (C=O) groups is 2. The van der Waals surface area contributed by atoms with Gasteiger partial charge in [0.05, 0.1) is 12.2 Å². The molecular formula is C30H35NO5. The molecular weight excluding hydrogens is 454 g/mol. The van der Waals surface area contributed by atoms with Gasteiger partial charge in [0.25, 0.3) is 5.91 Å². The molecule has 0 fully saturated rings. The Labute approximate surface area is 213 Å². The lowest BCUT2D eigenvalue weighted by Gasteiger charge is -2.19. The van der Waals surface area contributed by atoms with E-state index in [2.05, 4.69) is 43.4 Å². The zero-order chi connectivity index (χ0) is 26.1. The Morgan fingerprint density at radius 2 is 1.61 bits per heavy atom. The van der Waals surface area contributed by atoms with Crippen molar-refractivity contribution in [3.63, 3.8) is 0 Å². The van der Waals surface area contributed by atoms with Crippen LogP contribution in [0.3, 0.4) is 0 Å². The van der Waals surface area contributed by atoms with Crippen LogP contribution in [0.25, 0.3) is 0 Å². The molecule has 2 N–H and O–H groups in total. The molecule has 36 heavy (non-hydrogen) atoms. The van der Waals surface area contributed by atoms with Crippen LogP contribution in [0.2, 0.25) is 0 Å². The second-order valence-electron chi connectivity index (χ2n) is 9.32. The minimum absolute atomic E-state index is 0.0147. The third kappa shape index (κ3) is 7.60. The zero-order valence-electron chi connectivity index (χ0n) is 21.4. The van der Waals surface area contributed by atoms with Gasteiger partial charge in [0.2, 0.25) is 0 Å². The molecule has 3 aromatic carbocycles. The van der Waals surface area contributed by atoms with Crippen molar-refractivity contribution in [3.05, 3.63) is 89.0 Å². The quantitative estimate of drug-likeness (QED) is 0.272. The molecule has 0 bridgehead atoms. The van der Waals surface area contributed by atoms with Crippen molar-refractivity contribution in [2.24, 2.45) is 5.92 Å².